The predicted octanol–water partition coefficient (Wildman–Crippen LogP) is 1.15. The van der Waals surface area contributed by atoms with Crippen LogP contribution in [0, 0.1) is 0 Å². The molecule has 0 aromatic carbocycles. The Bertz CT molecular complexity index is 674. The van der Waals surface area contributed by atoms with E-state index in [1.54, 1.807) is 24.5 Å². The van der Waals surface area contributed by atoms with Gasteiger partial charge in [-0.15, -0.1) is 0 Å². The molecule has 0 unspecified atom stereocenters. The van der Waals surface area contributed by atoms with Gasteiger partial charge in [0.15, 0.2) is 9.84 Å². The third-order valence-corrected chi connectivity index (χ3v) is 5.25. The zero-order valence-corrected chi connectivity index (χ0v) is 14.2. The van der Waals surface area contributed by atoms with Crippen molar-refractivity contribution in [1.82, 2.24) is 10.3 Å². The molecule has 22 heavy (non-hydrogen) atoms. The minimum Gasteiger partial charge on any atom is -0.346 e. The molecule has 1 aromatic heterocycles. The van der Waals surface area contributed by atoms with Crippen LogP contribution in [0.3, 0.4) is 0 Å². The van der Waals surface area contributed by atoms with Crippen molar-refractivity contribution in [2.75, 3.05) is 11.5 Å². The summed E-state index contributed by atoms with van der Waals surface area (Å²) in [5, 5.41) is 2.42. The summed E-state index contributed by atoms with van der Waals surface area (Å²) in [7, 11) is -3.31. The summed E-state index contributed by atoms with van der Waals surface area (Å²) in [5.41, 5.74) is 0.769. The number of amides is 1. The van der Waals surface area contributed by atoms with Crippen molar-refractivity contribution in [1.29, 1.82) is 0 Å². The van der Waals surface area contributed by atoms with Gasteiger partial charge in [-0.1, -0.05) is 34.8 Å². The molecule has 2 rings (SSSR count). The van der Waals surface area contributed by atoms with Gasteiger partial charge in [0, 0.05) is 18.6 Å². The second-order valence-electron chi connectivity index (χ2n) is 4.78. The largest absolute Gasteiger partial charge is 0.346 e. The van der Waals surface area contributed by atoms with Crippen LogP contribution in [0.4, 0.5) is 0 Å². The average Bonchev–Trinajstić information content (AvgIpc) is 2.71. The van der Waals surface area contributed by atoms with Crippen molar-refractivity contribution in [2.24, 2.45) is 4.99 Å². The fourth-order valence-corrected chi connectivity index (χ4v) is 3.99. The molecule has 1 aromatic rings. The summed E-state index contributed by atoms with van der Waals surface area (Å²) in [4.78, 5) is 19.8. The number of aromatic nitrogens is 1. The van der Waals surface area contributed by atoms with Crippen LogP contribution in [0.5, 0.6) is 0 Å². The van der Waals surface area contributed by atoms with Gasteiger partial charge in [-0.2, -0.15) is 0 Å². The van der Waals surface area contributed by atoms with Crippen molar-refractivity contribution in [3.8, 4) is 0 Å². The number of alkyl halides is 3. The van der Waals surface area contributed by atoms with Gasteiger partial charge in [-0.25, -0.2) is 8.42 Å². The molecule has 120 valence electrons. The van der Waals surface area contributed by atoms with E-state index in [4.69, 9.17) is 34.8 Å². The summed E-state index contributed by atoms with van der Waals surface area (Å²) in [5.74, 6) is -1.28. The second-order valence-corrected chi connectivity index (χ2v) is 9.22. The van der Waals surface area contributed by atoms with Crippen molar-refractivity contribution in [3.05, 3.63) is 30.1 Å². The number of pyridine rings is 1. The second kappa shape index (κ2) is 6.70. The van der Waals surface area contributed by atoms with Crippen LogP contribution >= 0.6 is 34.8 Å². The molecule has 2 atom stereocenters. The Morgan fingerprint density at radius 1 is 1.32 bits per heavy atom. The van der Waals surface area contributed by atoms with Gasteiger partial charge in [0.2, 0.25) is 0 Å². The van der Waals surface area contributed by atoms with E-state index in [1.807, 2.05) is 0 Å². The maximum absolute atomic E-state index is 11.8. The Morgan fingerprint density at radius 3 is 2.55 bits per heavy atom. The number of aliphatic imine (C=N–C) groups is 1. The lowest BCUT2D eigenvalue weighted by Crippen LogP contribution is -2.46. The van der Waals surface area contributed by atoms with E-state index in [2.05, 4.69) is 15.3 Å². The molecule has 1 N–H and O–H groups in total. The lowest BCUT2D eigenvalue weighted by molar-refractivity contribution is -0.120. The standard InChI is InChI=1S/C12H12Cl3N3O3S/c13-12(14,15)11(19)18-10-7-22(20,21)6-9(10)17-5-8-1-3-16-4-2-8/h1-5,9-10H,6-7H2,(H,18,19)/t9-,10-/m0/s1. The molecular weight excluding hydrogens is 373 g/mol. The molecule has 1 saturated heterocycles. The monoisotopic (exact) mass is 383 g/mol. The van der Waals surface area contributed by atoms with E-state index in [0.29, 0.717) is 0 Å². The third-order valence-electron chi connectivity index (χ3n) is 3.02. The Labute approximate surface area is 142 Å². The van der Waals surface area contributed by atoms with Gasteiger partial charge in [0.1, 0.15) is 0 Å². The number of nitrogens with one attached hydrogen (secondary N) is 1. The number of sulfone groups is 1. The van der Waals surface area contributed by atoms with Crippen LogP contribution in [0.25, 0.3) is 0 Å². The van der Waals surface area contributed by atoms with Crippen LogP contribution < -0.4 is 5.32 Å². The first-order valence-corrected chi connectivity index (χ1v) is 9.14. The van der Waals surface area contributed by atoms with E-state index in [0.717, 1.165) is 5.56 Å². The maximum Gasteiger partial charge on any atom is 0.272 e. The van der Waals surface area contributed by atoms with Gasteiger partial charge < -0.3 is 5.32 Å². The fourth-order valence-electron chi connectivity index (χ4n) is 2.00. The Hall–Kier alpha value is -0.890. The molecule has 1 aliphatic heterocycles. The molecule has 0 radical (unpaired) electrons. The average molecular weight is 385 g/mol. The summed E-state index contributed by atoms with van der Waals surface area (Å²) in [6.07, 6.45) is 4.71. The van der Waals surface area contributed by atoms with E-state index in [1.165, 1.54) is 6.21 Å². The van der Waals surface area contributed by atoms with E-state index >= 15 is 0 Å². The van der Waals surface area contributed by atoms with Crippen molar-refractivity contribution in [3.63, 3.8) is 0 Å². The molecular formula is C12H12Cl3N3O3S. The molecule has 6 nitrogen and oxygen atoms in total. The molecule has 1 aliphatic rings. The summed E-state index contributed by atoms with van der Waals surface area (Å²) in [6, 6.07) is 2.09. The smallest absolute Gasteiger partial charge is 0.272 e. The number of hydrogen-bond acceptors (Lipinski definition) is 5. The first-order valence-electron chi connectivity index (χ1n) is 6.19. The highest BCUT2D eigenvalue weighted by Gasteiger charge is 2.41. The number of carbonyl (C=O) groups excluding carboxylic acids is 1. The summed E-state index contributed by atoms with van der Waals surface area (Å²) in [6.45, 7) is 0. The molecule has 0 bridgehead atoms. The Kier molecular flexibility index (Phi) is 5.32. The quantitative estimate of drug-likeness (QED) is 0.625. The van der Waals surface area contributed by atoms with Crippen LogP contribution in [-0.4, -0.2) is 52.9 Å². The highest BCUT2D eigenvalue weighted by molar-refractivity contribution is 7.91. The van der Waals surface area contributed by atoms with Crippen LogP contribution in [-0.2, 0) is 14.6 Å². The van der Waals surface area contributed by atoms with Crippen LogP contribution in [0.15, 0.2) is 29.5 Å². The minimum atomic E-state index is -3.31. The molecule has 10 heteroatoms. The summed E-state index contributed by atoms with van der Waals surface area (Å²) >= 11 is 16.4. The van der Waals surface area contributed by atoms with Gasteiger partial charge in [-0.3, -0.25) is 14.8 Å². The van der Waals surface area contributed by atoms with E-state index < -0.39 is 31.6 Å². The highest BCUT2D eigenvalue weighted by Crippen LogP contribution is 2.27. The fraction of sp³-hybridized carbons (Fsp3) is 0.417. The van der Waals surface area contributed by atoms with Crippen molar-refractivity contribution in [2.45, 2.75) is 15.9 Å². The number of rotatable bonds is 3. The van der Waals surface area contributed by atoms with Gasteiger partial charge in [0.25, 0.3) is 9.70 Å². The number of nitrogens with zero attached hydrogens (tertiary/aromatic N) is 2. The first-order chi connectivity index (χ1) is 10.2. The van der Waals surface area contributed by atoms with Gasteiger partial charge in [-0.05, 0) is 17.7 Å². The van der Waals surface area contributed by atoms with Gasteiger partial charge >= 0.3 is 0 Å². The predicted molar refractivity (Wildman–Crippen MR) is 86.5 cm³/mol. The van der Waals surface area contributed by atoms with Crippen LogP contribution in [0.1, 0.15) is 5.56 Å². The van der Waals surface area contributed by atoms with Crippen molar-refractivity contribution >= 4 is 56.8 Å². The first kappa shape index (κ1) is 17.5. The lowest BCUT2D eigenvalue weighted by Gasteiger charge is -2.19. The molecule has 1 fully saturated rings. The molecule has 1 amide bonds. The Balaban J connectivity index is 2.13. The highest BCUT2D eigenvalue weighted by atomic mass is 35.6. The normalized spacial score (nSPS) is 24.5. The number of carbonyl (C=O) groups is 1. The third kappa shape index (κ3) is 4.81. The van der Waals surface area contributed by atoms with Crippen LogP contribution in [0.2, 0.25) is 0 Å². The van der Waals surface area contributed by atoms with E-state index in [9.17, 15) is 13.2 Å². The number of halogens is 3. The van der Waals surface area contributed by atoms with E-state index in [-0.39, 0.29) is 11.5 Å². The van der Waals surface area contributed by atoms with Gasteiger partial charge in [0.05, 0.1) is 23.6 Å². The summed E-state index contributed by atoms with van der Waals surface area (Å²) < 4.78 is 21.4. The Morgan fingerprint density at radius 2 is 1.95 bits per heavy atom. The topological polar surface area (TPSA) is 88.5 Å². The minimum absolute atomic E-state index is 0.167. The SMILES string of the molecule is O=C(N[C@H]1CS(=O)(=O)C[C@@H]1N=Cc1ccncc1)C(Cl)(Cl)Cl. The molecule has 0 aliphatic carbocycles. The zero-order valence-electron chi connectivity index (χ0n) is 11.1. The molecule has 0 spiro atoms. The zero-order chi connectivity index (χ0) is 16.4. The van der Waals surface area contributed by atoms with Crippen molar-refractivity contribution < 1.29 is 13.2 Å². The molecule has 0 saturated carbocycles. The molecule has 2 heterocycles. The number of hydrogen-bond donors (Lipinski definition) is 1. The lowest BCUT2D eigenvalue weighted by atomic mass is 10.2. The maximum atomic E-state index is 11.8.